The fraction of sp³-hybridized carbons (Fsp3) is 0.632. The summed E-state index contributed by atoms with van der Waals surface area (Å²) in [6, 6.07) is 5.73. The van der Waals surface area contributed by atoms with Crippen molar-refractivity contribution in [2.24, 2.45) is 5.92 Å². The van der Waals surface area contributed by atoms with Gasteiger partial charge >= 0.3 is 0 Å². The zero-order chi connectivity index (χ0) is 16.9. The number of nitrogens with zero attached hydrogens (tertiary/aromatic N) is 1. The first-order chi connectivity index (χ1) is 11.7. The molecule has 2 fully saturated rings. The first-order valence-corrected chi connectivity index (χ1v) is 8.80. The number of aryl methyl sites for hydroxylation is 1. The summed E-state index contributed by atoms with van der Waals surface area (Å²) in [5.74, 6) is 2.51. The summed E-state index contributed by atoms with van der Waals surface area (Å²) < 4.78 is 16.5. The van der Waals surface area contributed by atoms with Crippen LogP contribution in [-0.4, -0.2) is 50.8 Å². The third kappa shape index (κ3) is 4.41. The van der Waals surface area contributed by atoms with Crippen molar-refractivity contribution < 1.29 is 19.0 Å². The molecule has 1 saturated carbocycles. The summed E-state index contributed by atoms with van der Waals surface area (Å²) in [5.41, 5.74) is 1.03. The van der Waals surface area contributed by atoms with Gasteiger partial charge in [-0.25, -0.2) is 0 Å². The minimum atomic E-state index is 0.199. The van der Waals surface area contributed by atoms with Gasteiger partial charge in [0.1, 0.15) is 11.5 Å². The Morgan fingerprint density at radius 2 is 2.04 bits per heavy atom. The molecule has 0 aromatic heterocycles. The maximum absolute atomic E-state index is 12.4. The van der Waals surface area contributed by atoms with E-state index >= 15 is 0 Å². The van der Waals surface area contributed by atoms with Crippen LogP contribution in [0.1, 0.15) is 31.2 Å². The molecule has 3 rings (SSSR count). The molecule has 1 amide bonds. The van der Waals surface area contributed by atoms with Gasteiger partial charge in [0.2, 0.25) is 5.91 Å². The third-order valence-corrected chi connectivity index (χ3v) is 4.86. The number of ether oxygens (including phenoxy) is 3. The number of carbonyl (C=O) groups excluding carboxylic acids is 1. The highest BCUT2D eigenvalue weighted by molar-refractivity contribution is 5.77. The van der Waals surface area contributed by atoms with Gasteiger partial charge in [-0.3, -0.25) is 4.79 Å². The number of hydrogen-bond donors (Lipinski definition) is 0. The monoisotopic (exact) mass is 333 g/mol. The molecule has 5 nitrogen and oxygen atoms in total. The molecule has 0 unspecified atom stereocenters. The quantitative estimate of drug-likeness (QED) is 0.734. The van der Waals surface area contributed by atoms with E-state index < -0.39 is 0 Å². The topological polar surface area (TPSA) is 48.0 Å². The van der Waals surface area contributed by atoms with Gasteiger partial charge in [0.15, 0.2) is 0 Å². The number of benzene rings is 1. The lowest BCUT2D eigenvalue weighted by Gasteiger charge is -2.17. The van der Waals surface area contributed by atoms with Crippen molar-refractivity contribution in [3.05, 3.63) is 23.8 Å². The van der Waals surface area contributed by atoms with Crippen LogP contribution in [0.25, 0.3) is 0 Å². The maximum Gasteiger partial charge on any atom is 0.222 e. The first-order valence-electron chi connectivity index (χ1n) is 8.80. The van der Waals surface area contributed by atoms with Crippen LogP contribution in [0.4, 0.5) is 0 Å². The van der Waals surface area contributed by atoms with Crippen LogP contribution in [-0.2, 0) is 16.0 Å². The van der Waals surface area contributed by atoms with Gasteiger partial charge in [0.05, 0.1) is 20.3 Å². The molecular formula is C19H27NO4. The fourth-order valence-electron chi connectivity index (χ4n) is 3.11. The minimum Gasteiger partial charge on any atom is -0.497 e. The zero-order valence-electron chi connectivity index (χ0n) is 14.6. The highest BCUT2D eigenvalue weighted by atomic mass is 16.5. The Bertz CT molecular complexity index is 570. The molecular weight excluding hydrogens is 306 g/mol. The predicted molar refractivity (Wildman–Crippen MR) is 91.5 cm³/mol. The van der Waals surface area contributed by atoms with Crippen molar-refractivity contribution in [1.29, 1.82) is 0 Å². The van der Waals surface area contributed by atoms with E-state index in [4.69, 9.17) is 14.2 Å². The van der Waals surface area contributed by atoms with Gasteiger partial charge in [-0.2, -0.15) is 0 Å². The number of carbonyl (C=O) groups is 1. The van der Waals surface area contributed by atoms with Gasteiger partial charge < -0.3 is 19.1 Å². The molecule has 1 aliphatic heterocycles. The van der Waals surface area contributed by atoms with Crippen molar-refractivity contribution in [2.75, 3.05) is 33.9 Å². The largest absolute Gasteiger partial charge is 0.497 e. The SMILES string of the molecule is COc1ccc(CCC(=O)N2CC[C@H](OCC3CC3)C2)c(OC)c1. The molecule has 1 saturated heterocycles. The maximum atomic E-state index is 12.4. The van der Waals surface area contributed by atoms with E-state index in [0.717, 1.165) is 49.1 Å². The number of hydrogen-bond acceptors (Lipinski definition) is 4. The summed E-state index contributed by atoms with van der Waals surface area (Å²) in [6.45, 7) is 2.43. The van der Waals surface area contributed by atoms with E-state index in [0.29, 0.717) is 12.8 Å². The Morgan fingerprint density at radius 1 is 1.21 bits per heavy atom. The van der Waals surface area contributed by atoms with Crippen LogP contribution in [0.15, 0.2) is 18.2 Å². The Labute approximate surface area is 143 Å². The Hall–Kier alpha value is -1.75. The molecule has 132 valence electrons. The summed E-state index contributed by atoms with van der Waals surface area (Å²) >= 11 is 0. The summed E-state index contributed by atoms with van der Waals surface area (Å²) in [7, 11) is 3.27. The van der Waals surface area contributed by atoms with Crippen LogP contribution < -0.4 is 9.47 Å². The highest BCUT2D eigenvalue weighted by Crippen LogP contribution is 2.30. The number of likely N-dealkylation sites (tertiary alicyclic amines) is 1. The van der Waals surface area contributed by atoms with Crippen LogP contribution in [0.5, 0.6) is 11.5 Å². The van der Waals surface area contributed by atoms with Crippen molar-refractivity contribution in [3.63, 3.8) is 0 Å². The predicted octanol–water partition coefficient (Wildman–Crippen LogP) is 2.66. The average molecular weight is 333 g/mol. The molecule has 0 bridgehead atoms. The lowest BCUT2D eigenvalue weighted by molar-refractivity contribution is -0.130. The standard InChI is InChI=1S/C19H27NO4/c1-22-16-7-5-15(18(11-16)23-2)6-8-19(21)20-10-9-17(12-20)24-13-14-3-4-14/h5,7,11,14,17H,3-4,6,8-10,12-13H2,1-2H3/t17-/m0/s1. The zero-order valence-corrected chi connectivity index (χ0v) is 14.6. The Morgan fingerprint density at radius 3 is 2.75 bits per heavy atom. The fourth-order valence-corrected chi connectivity index (χ4v) is 3.11. The second-order valence-electron chi connectivity index (χ2n) is 6.70. The van der Waals surface area contributed by atoms with Gasteiger partial charge in [0, 0.05) is 32.2 Å². The first kappa shape index (κ1) is 17.1. The van der Waals surface area contributed by atoms with E-state index in [1.165, 1.54) is 12.8 Å². The third-order valence-electron chi connectivity index (χ3n) is 4.86. The second kappa shape index (κ2) is 7.88. The number of methoxy groups -OCH3 is 2. The number of rotatable bonds is 8. The van der Waals surface area contributed by atoms with Crippen molar-refractivity contribution in [2.45, 2.75) is 38.2 Å². The summed E-state index contributed by atoms with van der Waals surface area (Å²) in [4.78, 5) is 14.4. The van der Waals surface area contributed by atoms with E-state index in [1.807, 2.05) is 23.1 Å². The molecule has 24 heavy (non-hydrogen) atoms. The van der Waals surface area contributed by atoms with Gasteiger partial charge in [0.25, 0.3) is 0 Å². The molecule has 0 spiro atoms. The van der Waals surface area contributed by atoms with E-state index in [2.05, 4.69) is 0 Å². The van der Waals surface area contributed by atoms with Crippen LogP contribution >= 0.6 is 0 Å². The molecule has 1 atom stereocenters. The molecule has 0 radical (unpaired) electrons. The summed E-state index contributed by atoms with van der Waals surface area (Å²) in [5, 5.41) is 0. The van der Waals surface area contributed by atoms with Gasteiger partial charge in [-0.15, -0.1) is 0 Å². The van der Waals surface area contributed by atoms with Crippen molar-refractivity contribution in [1.82, 2.24) is 4.90 Å². The van der Waals surface area contributed by atoms with Gasteiger partial charge in [-0.05, 0) is 43.2 Å². The summed E-state index contributed by atoms with van der Waals surface area (Å²) in [6.07, 6.45) is 4.97. The van der Waals surface area contributed by atoms with Gasteiger partial charge in [-0.1, -0.05) is 6.07 Å². The molecule has 2 aliphatic rings. The van der Waals surface area contributed by atoms with Crippen LogP contribution in [0.2, 0.25) is 0 Å². The average Bonchev–Trinajstić information content (AvgIpc) is 3.33. The van der Waals surface area contributed by atoms with Crippen molar-refractivity contribution >= 4 is 5.91 Å². The van der Waals surface area contributed by atoms with E-state index in [1.54, 1.807) is 14.2 Å². The van der Waals surface area contributed by atoms with Crippen LogP contribution in [0, 0.1) is 5.92 Å². The molecule has 1 heterocycles. The lowest BCUT2D eigenvalue weighted by atomic mass is 10.1. The number of amides is 1. The Kier molecular flexibility index (Phi) is 5.61. The molecule has 0 N–H and O–H groups in total. The second-order valence-corrected chi connectivity index (χ2v) is 6.70. The lowest BCUT2D eigenvalue weighted by Crippen LogP contribution is -2.30. The molecule has 1 aromatic carbocycles. The Balaban J connectivity index is 1.46. The normalized spacial score (nSPS) is 20.2. The molecule has 1 aromatic rings. The van der Waals surface area contributed by atoms with E-state index in [-0.39, 0.29) is 12.0 Å². The van der Waals surface area contributed by atoms with Crippen molar-refractivity contribution in [3.8, 4) is 11.5 Å². The molecule has 5 heteroatoms. The van der Waals surface area contributed by atoms with E-state index in [9.17, 15) is 4.79 Å². The molecule has 1 aliphatic carbocycles. The smallest absolute Gasteiger partial charge is 0.222 e. The minimum absolute atomic E-state index is 0.199. The van der Waals surface area contributed by atoms with Crippen LogP contribution in [0.3, 0.4) is 0 Å². The highest BCUT2D eigenvalue weighted by Gasteiger charge is 2.29.